The van der Waals surface area contributed by atoms with Crippen LogP contribution >= 0.6 is 0 Å². The van der Waals surface area contributed by atoms with E-state index in [-0.39, 0.29) is 0 Å². The van der Waals surface area contributed by atoms with E-state index in [2.05, 4.69) is 36.4 Å². The van der Waals surface area contributed by atoms with Gasteiger partial charge in [0, 0.05) is 0 Å². The zero-order chi connectivity index (χ0) is 23.2. The summed E-state index contributed by atoms with van der Waals surface area (Å²) in [6.07, 6.45) is 6.45. The highest BCUT2D eigenvalue weighted by atomic mass is 16.4. The lowest BCUT2D eigenvalue weighted by atomic mass is 9.70. The molecule has 4 rings (SSSR count). The van der Waals surface area contributed by atoms with Crippen LogP contribution in [-0.2, 0) is 9.59 Å². The van der Waals surface area contributed by atoms with Crippen molar-refractivity contribution in [2.75, 3.05) is 0 Å². The van der Waals surface area contributed by atoms with E-state index in [4.69, 9.17) is 15.9 Å². The van der Waals surface area contributed by atoms with Crippen molar-refractivity contribution < 1.29 is 19.8 Å². The van der Waals surface area contributed by atoms with Gasteiger partial charge in [-0.3, -0.25) is 9.59 Å². The zero-order valence-corrected chi connectivity index (χ0v) is 18.9. The molecule has 172 valence electrons. The molecule has 0 atom stereocenters. The van der Waals surface area contributed by atoms with Crippen molar-refractivity contribution in [1.82, 2.24) is 0 Å². The summed E-state index contributed by atoms with van der Waals surface area (Å²) in [6, 6.07) is 20.7. The molecule has 0 spiro atoms. The van der Waals surface area contributed by atoms with E-state index < -0.39 is 22.9 Å². The molecule has 0 aromatic heterocycles. The van der Waals surface area contributed by atoms with E-state index in [1.807, 2.05) is 31.2 Å². The number of carboxylic acids is 2. The fraction of sp³-hybridized carbons (Fsp3) is 0.481. The van der Waals surface area contributed by atoms with Gasteiger partial charge in [0.15, 0.2) is 0 Å². The third-order valence-electron chi connectivity index (χ3n) is 7.45. The molecule has 2 aromatic carbocycles. The van der Waals surface area contributed by atoms with E-state index in [1.165, 1.54) is 11.1 Å². The van der Waals surface area contributed by atoms with Crippen LogP contribution in [0.5, 0.6) is 0 Å². The molecule has 2 aliphatic rings. The molecule has 0 radical (unpaired) electrons. The first-order valence-corrected chi connectivity index (χ1v) is 11.6. The van der Waals surface area contributed by atoms with Crippen molar-refractivity contribution in [3.05, 3.63) is 71.8 Å². The van der Waals surface area contributed by atoms with Crippen LogP contribution in [0.2, 0.25) is 0 Å². The van der Waals surface area contributed by atoms with E-state index in [1.54, 1.807) is 0 Å². The number of carbonyl (C=O) groups is 2. The Morgan fingerprint density at radius 1 is 0.719 bits per heavy atom. The highest BCUT2D eigenvalue weighted by molar-refractivity contribution is 5.78. The maximum absolute atomic E-state index is 11.1. The number of rotatable bonds is 4. The quantitative estimate of drug-likeness (QED) is 0.581. The van der Waals surface area contributed by atoms with Gasteiger partial charge >= 0.3 is 11.9 Å². The van der Waals surface area contributed by atoms with Gasteiger partial charge in [0.25, 0.3) is 0 Å². The standard InChI is InChI=1S/C14H18O2.C13H17NO2/c1-14(13(15)16)9-7-12(8-10-14)11-5-3-2-4-6-11;14-13(12(15)16)8-6-11(7-9-13)10-4-2-1-3-5-10/h2-6,12H,7-10H2,1H3,(H,15,16);1-5,11H,6-9,14H2,(H,15,16). The molecule has 0 amide bonds. The molecule has 2 aliphatic carbocycles. The minimum atomic E-state index is -0.995. The summed E-state index contributed by atoms with van der Waals surface area (Å²) in [5.41, 5.74) is 7.01. The number of nitrogens with two attached hydrogens (primary N) is 1. The maximum Gasteiger partial charge on any atom is 0.323 e. The number of hydrogen-bond donors (Lipinski definition) is 3. The van der Waals surface area contributed by atoms with Gasteiger partial charge in [-0.2, -0.15) is 0 Å². The van der Waals surface area contributed by atoms with E-state index in [0.29, 0.717) is 24.7 Å². The van der Waals surface area contributed by atoms with Crippen molar-refractivity contribution in [3.63, 3.8) is 0 Å². The largest absolute Gasteiger partial charge is 0.481 e. The monoisotopic (exact) mass is 437 g/mol. The topological polar surface area (TPSA) is 101 Å². The molecule has 0 bridgehead atoms. The Morgan fingerprint density at radius 2 is 1.09 bits per heavy atom. The predicted molar refractivity (Wildman–Crippen MR) is 126 cm³/mol. The highest BCUT2D eigenvalue weighted by Gasteiger charge is 2.39. The van der Waals surface area contributed by atoms with Gasteiger partial charge in [0.2, 0.25) is 0 Å². The minimum Gasteiger partial charge on any atom is -0.481 e. The summed E-state index contributed by atoms with van der Waals surface area (Å²) >= 11 is 0. The summed E-state index contributed by atoms with van der Waals surface area (Å²) in [5, 5.41) is 18.2. The third-order valence-corrected chi connectivity index (χ3v) is 7.45. The Bertz CT molecular complexity index is 805. The Morgan fingerprint density at radius 3 is 1.44 bits per heavy atom. The van der Waals surface area contributed by atoms with Crippen LogP contribution in [0, 0.1) is 5.41 Å². The van der Waals surface area contributed by atoms with Gasteiger partial charge in [-0.05, 0) is 81.3 Å². The molecule has 4 N–H and O–H groups in total. The molecule has 0 aliphatic heterocycles. The molecular formula is C27H35NO4. The first kappa shape index (κ1) is 24.0. The number of aliphatic carboxylic acids is 2. The van der Waals surface area contributed by atoms with Gasteiger partial charge in [0.1, 0.15) is 5.54 Å². The zero-order valence-electron chi connectivity index (χ0n) is 18.9. The van der Waals surface area contributed by atoms with Crippen LogP contribution in [0.25, 0.3) is 0 Å². The average molecular weight is 438 g/mol. The molecular weight excluding hydrogens is 402 g/mol. The van der Waals surface area contributed by atoms with Crippen LogP contribution in [0.15, 0.2) is 60.7 Å². The van der Waals surface area contributed by atoms with Crippen molar-refractivity contribution in [3.8, 4) is 0 Å². The Labute approximate surface area is 190 Å². The predicted octanol–water partition coefficient (Wildman–Crippen LogP) is 5.56. The van der Waals surface area contributed by atoms with Crippen LogP contribution in [0.4, 0.5) is 0 Å². The fourth-order valence-corrected chi connectivity index (χ4v) is 4.93. The molecule has 5 nitrogen and oxygen atoms in total. The number of hydrogen-bond acceptors (Lipinski definition) is 3. The molecule has 2 saturated carbocycles. The SMILES string of the molecule is CC1(C(=O)O)CCC(c2ccccc2)CC1.NC1(C(=O)O)CCC(c2ccccc2)CC1. The number of carboxylic acid groups (broad SMARTS) is 2. The Kier molecular flexibility index (Phi) is 7.73. The molecule has 0 heterocycles. The summed E-state index contributed by atoms with van der Waals surface area (Å²) in [6.45, 7) is 1.87. The lowest BCUT2D eigenvalue weighted by molar-refractivity contribution is -0.150. The lowest BCUT2D eigenvalue weighted by Gasteiger charge is -2.34. The molecule has 0 unspecified atom stereocenters. The van der Waals surface area contributed by atoms with Crippen molar-refractivity contribution in [1.29, 1.82) is 0 Å². The van der Waals surface area contributed by atoms with Crippen molar-refractivity contribution in [2.24, 2.45) is 11.1 Å². The van der Waals surface area contributed by atoms with E-state index in [9.17, 15) is 9.59 Å². The van der Waals surface area contributed by atoms with Crippen LogP contribution < -0.4 is 5.73 Å². The fourth-order valence-electron chi connectivity index (χ4n) is 4.93. The third kappa shape index (κ3) is 5.77. The minimum absolute atomic E-state index is 0.470. The smallest absolute Gasteiger partial charge is 0.323 e. The van der Waals surface area contributed by atoms with Gasteiger partial charge in [-0.15, -0.1) is 0 Å². The molecule has 0 saturated heterocycles. The van der Waals surface area contributed by atoms with Gasteiger partial charge < -0.3 is 15.9 Å². The van der Waals surface area contributed by atoms with Gasteiger partial charge in [-0.25, -0.2) is 0 Å². The van der Waals surface area contributed by atoms with Crippen molar-refractivity contribution in [2.45, 2.75) is 75.7 Å². The van der Waals surface area contributed by atoms with Crippen LogP contribution in [0.3, 0.4) is 0 Å². The molecule has 32 heavy (non-hydrogen) atoms. The van der Waals surface area contributed by atoms with Gasteiger partial charge in [0.05, 0.1) is 5.41 Å². The Hall–Kier alpha value is -2.66. The highest BCUT2D eigenvalue weighted by Crippen LogP contribution is 2.42. The summed E-state index contributed by atoms with van der Waals surface area (Å²) in [7, 11) is 0. The molecule has 2 fully saturated rings. The second-order valence-corrected chi connectivity index (χ2v) is 9.70. The first-order valence-electron chi connectivity index (χ1n) is 11.6. The van der Waals surface area contributed by atoms with E-state index in [0.717, 1.165) is 38.5 Å². The molecule has 5 heteroatoms. The Balaban J connectivity index is 0.000000181. The van der Waals surface area contributed by atoms with E-state index >= 15 is 0 Å². The number of benzene rings is 2. The second kappa shape index (κ2) is 10.3. The van der Waals surface area contributed by atoms with Crippen LogP contribution in [-0.4, -0.2) is 27.7 Å². The average Bonchev–Trinajstić information content (AvgIpc) is 2.81. The summed E-state index contributed by atoms with van der Waals surface area (Å²) in [4.78, 5) is 22.1. The lowest BCUT2D eigenvalue weighted by Crippen LogP contribution is -2.50. The molecule has 2 aromatic rings. The van der Waals surface area contributed by atoms with Crippen molar-refractivity contribution >= 4 is 11.9 Å². The normalized spacial score (nSPS) is 29.9. The summed E-state index contributed by atoms with van der Waals surface area (Å²) < 4.78 is 0. The maximum atomic E-state index is 11.1. The summed E-state index contributed by atoms with van der Waals surface area (Å²) in [5.74, 6) is -0.483. The van der Waals surface area contributed by atoms with Gasteiger partial charge in [-0.1, -0.05) is 60.7 Å². The first-order chi connectivity index (χ1) is 15.2. The van der Waals surface area contributed by atoms with Crippen LogP contribution in [0.1, 0.15) is 81.3 Å². The second-order valence-electron chi connectivity index (χ2n) is 9.70.